The molecular formula is C16H20ClN5O2. The van der Waals surface area contributed by atoms with Crippen molar-refractivity contribution in [2.75, 3.05) is 6.54 Å². The molecule has 24 heavy (non-hydrogen) atoms. The lowest BCUT2D eigenvalue weighted by molar-refractivity contribution is 0.207. The fourth-order valence-electron chi connectivity index (χ4n) is 2.60. The first-order chi connectivity index (χ1) is 11.6. The van der Waals surface area contributed by atoms with E-state index in [1.807, 2.05) is 19.1 Å². The van der Waals surface area contributed by atoms with Crippen molar-refractivity contribution < 1.29 is 9.53 Å². The number of hydrogen-bond donors (Lipinski definition) is 2. The minimum Gasteiger partial charge on any atom is -0.487 e. The van der Waals surface area contributed by atoms with Crippen molar-refractivity contribution in [1.82, 2.24) is 25.4 Å². The highest BCUT2D eigenvalue weighted by atomic mass is 35.5. The van der Waals surface area contributed by atoms with Crippen LogP contribution in [0.25, 0.3) is 0 Å². The van der Waals surface area contributed by atoms with E-state index in [1.165, 1.54) is 0 Å². The predicted molar refractivity (Wildman–Crippen MR) is 90.1 cm³/mol. The van der Waals surface area contributed by atoms with Gasteiger partial charge in [-0.05, 0) is 25.5 Å². The molecule has 0 unspecified atom stereocenters. The molecule has 2 amide bonds. The van der Waals surface area contributed by atoms with Crippen molar-refractivity contribution in [3.05, 3.63) is 40.9 Å². The number of fused-ring (bicyclic) bond motifs is 1. The SMILES string of the molecule is C[C@@H](CNC(=O)NCc1nnc2n1CCC2)Oc1ccccc1Cl. The zero-order valence-corrected chi connectivity index (χ0v) is 14.2. The number of nitrogens with zero attached hydrogens (tertiary/aromatic N) is 3. The minimum absolute atomic E-state index is 0.201. The number of para-hydroxylation sites is 1. The van der Waals surface area contributed by atoms with E-state index < -0.39 is 0 Å². The molecule has 128 valence electrons. The third kappa shape index (κ3) is 3.97. The van der Waals surface area contributed by atoms with Gasteiger partial charge in [-0.3, -0.25) is 0 Å². The Bertz CT molecular complexity index is 718. The smallest absolute Gasteiger partial charge is 0.315 e. The molecule has 0 aliphatic carbocycles. The zero-order valence-electron chi connectivity index (χ0n) is 13.5. The first kappa shape index (κ1) is 16.6. The average Bonchev–Trinajstić information content (AvgIpc) is 3.17. The first-order valence-electron chi connectivity index (χ1n) is 7.97. The van der Waals surface area contributed by atoms with Crippen LogP contribution in [0.2, 0.25) is 5.02 Å². The van der Waals surface area contributed by atoms with Crippen LogP contribution in [0.5, 0.6) is 5.75 Å². The predicted octanol–water partition coefficient (Wildman–Crippen LogP) is 2.14. The summed E-state index contributed by atoms with van der Waals surface area (Å²) in [5.74, 6) is 2.39. The molecule has 0 bridgehead atoms. The molecule has 1 aliphatic heterocycles. The Morgan fingerprint density at radius 2 is 2.21 bits per heavy atom. The van der Waals surface area contributed by atoms with Gasteiger partial charge < -0.3 is 19.9 Å². The van der Waals surface area contributed by atoms with Gasteiger partial charge in [0, 0.05) is 13.0 Å². The Labute approximate surface area is 145 Å². The number of amides is 2. The molecule has 1 atom stereocenters. The van der Waals surface area contributed by atoms with Crippen LogP contribution >= 0.6 is 11.6 Å². The molecule has 2 N–H and O–H groups in total. The highest BCUT2D eigenvalue weighted by molar-refractivity contribution is 6.32. The van der Waals surface area contributed by atoms with Crippen molar-refractivity contribution in [1.29, 1.82) is 0 Å². The van der Waals surface area contributed by atoms with Crippen LogP contribution in [-0.4, -0.2) is 33.4 Å². The molecule has 2 heterocycles. The summed E-state index contributed by atoms with van der Waals surface area (Å²) in [7, 11) is 0. The van der Waals surface area contributed by atoms with Crippen LogP contribution < -0.4 is 15.4 Å². The van der Waals surface area contributed by atoms with Gasteiger partial charge in [0.25, 0.3) is 0 Å². The molecule has 0 spiro atoms. The third-order valence-corrected chi connectivity index (χ3v) is 4.12. The number of rotatable bonds is 6. The highest BCUT2D eigenvalue weighted by Crippen LogP contribution is 2.24. The maximum Gasteiger partial charge on any atom is 0.315 e. The van der Waals surface area contributed by atoms with Crippen molar-refractivity contribution in [3.8, 4) is 5.75 Å². The van der Waals surface area contributed by atoms with E-state index >= 15 is 0 Å². The molecule has 2 aromatic rings. The number of carbonyl (C=O) groups excluding carboxylic acids is 1. The summed E-state index contributed by atoms with van der Waals surface area (Å²) in [6, 6.07) is 6.99. The Morgan fingerprint density at radius 3 is 3.04 bits per heavy atom. The molecule has 0 saturated carbocycles. The maximum atomic E-state index is 11.9. The number of nitrogens with one attached hydrogen (secondary N) is 2. The molecule has 1 aromatic carbocycles. The van der Waals surface area contributed by atoms with Crippen LogP contribution in [0, 0.1) is 0 Å². The van der Waals surface area contributed by atoms with Crippen molar-refractivity contribution in [3.63, 3.8) is 0 Å². The zero-order chi connectivity index (χ0) is 16.9. The van der Waals surface area contributed by atoms with E-state index in [0.717, 1.165) is 31.0 Å². The van der Waals surface area contributed by atoms with Crippen molar-refractivity contribution in [2.45, 2.75) is 39.0 Å². The lowest BCUT2D eigenvalue weighted by Gasteiger charge is -2.16. The Hall–Kier alpha value is -2.28. The van der Waals surface area contributed by atoms with Gasteiger partial charge in [-0.1, -0.05) is 23.7 Å². The molecule has 1 aromatic heterocycles. The summed E-state index contributed by atoms with van der Waals surface area (Å²) in [6.45, 7) is 3.52. The van der Waals surface area contributed by atoms with E-state index in [-0.39, 0.29) is 12.1 Å². The van der Waals surface area contributed by atoms with E-state index in [0.29, 0.717) is 23.9 Å². The first-order valence-corrected chi connectivity index (χ1v) is 8.35. The lowest BCUT2D eigenvalue weighted by atomic mass is 10.3. The normalized spacial score (nSPS) is 14.1. The van der Waals surface area contributed by atoms with Crippen molar-refractivity contribution in [2.24, 2.45) is 0 Å². The average molecular weight is 350 g/mol. The molecule has 3 rings (SSSR count). The largest absolute Gasteiger partial charge is 0.487 e. The van der Waals surface area contributed by atoms with Gasteiger partial charge in [-0.2, -0.15) is 0 Å². The monoisotopic (exact) mass is 349 g/mol. The third-order valence-electron chi connectivity index (χ3n) is 3.81. The number of aromatic nitrogens is 3. The van der Waals surface area contributed by atoms with Crippen LogP contribution in [-0.2, 0) is 19.5 Å². The van der Waals surface area contributed by atoms with Crippen LogP contribution in [0.15, 0.2) is 24.3 Å². The maximum absolute atomic E-state index is 11.9. The summed E-state index contributed by atoms with van der Waals surface area (Å²) < 4.78 is 7.76. The molecule has 8 heteroatoms. The minimum atomic E-state index is -0.264. The fourth-order valence-corrected chi connectivity index (χ4v) is 2.78. The number of ether oxygens (including phenoxy) is 1. The fraction of sp³-hybridized carbons (Fsp3) is 0.438. The molecule has 1 aliphatic rings. The molecule has 0 saturated heterocycles. The van der Waals surface area contributed by atoms with Gasteiger partial charge in [0.2, 0.25) is 0 Å². The van der Waals surface area contributed by atoms with Gasteiger partial charge in [0.1, 0.15) is 17.7 Å². The Kier molecular flexibility index (Phi) is 5.20. The van der Waals surface area contributed by atoms with Gasteiger partial charge >= 0.3 is 6.03 Å². The number of aryl methyl sites for hydroxylation is 1. The van der Waals surface area contributed by atoms with Gasteiger partial charge in [-0.25, -0.2) is 4.79 Å². The standard InChI is InChI=1S/C16H20ClN5O2/c1-11(24-13-6-3-2-5-12(13)17)9-18-16(23)19-10-15-21-20-14-7-4-8-22(14)15/h2-3,5-6,11H,4,7-10H2,1H3,(H2,18,19,23)/t11-/m0/s1. The van der Waals surface area contributed by atoms with Gasteiger partial charge in [0.05, 0.1) is 18.1 Å². The number of halogens is 1. The van der Waals surface area contributed by atoms with Gasteiger partial charge in [0.15, 0.2) is 5.82 Å². The Morgan fingerprint density at radius 1 is 1.38 bits per heavy atom. The molecule has 0 fully saturated rings. The highest BCUT2D eigenvalue weighted by Gasteiger charge is 2.17. The lowest BCUT2D eigenvalue weighted by Crippen LogP contribution is -2.40. The van der Waals surface area contributed by atoms with Crippen LogP contribution in [0.1, 0.15) is 25.0 Å². The summed E-state index contributed by atoms with van der Waals surface area (Å²) in [5, 5.41) is 14.3. The van der Waals surface area contributed by atoms with E-state index in [9.17, 15) is 4.79 Å². The molecule has 0 radical (unpaired) electrons. The molecular weight excluding hydrogens is 330 g/mol. The van der Waals surface area contributed by atoms with E-state index in [2.05, 4.69) is 25.4 Å². The summed E-state index contributed by atoms with van der Waals surface area (Å²) in [4.78, 5) is 11.9. The van der Waals surface area contributed by atoms with E-state index in [4.69, 9.17) is 16.3 Å². The Balaban J connectivity index is 1.41. The second kappa shape index (κ2) is 7.53. The summed E-state index contributed by atoms with van der Waals surface area (Å²) >= 11 is 6.04. The quantitative estimate of drug-likeness (QED) is 0.837. The number of urea groups is 1. The second-order valence-electron chi connectivity index (χ2n) is 5.71. The van der Waals surface area contributed by atoms with Crippen LogP contribution in [0.3, 0.4) is 0 Å². The van der Waals surface area contributed by atoms with Crippen molar-refractivity contribution >= 4 is 17.6 Å². The van der Waals surface area contributed by atoms with Crippen LogP contribution in [0.4, 0.5) is 4.79 Å². The summed E-state index contributed by atoms with van der Waals surface area (Å²) in [6.07, 6.45) is 1.84. The number of hydrogen-bond acceptors (Lipinski definition) is 4. The number of carbonyl (C=O) groups is 1. The summed E-state index contributed by atoms with van der Waals surface area (Å²) in [5.41, 5.74) is 0. The molecule has 7 nitrogen and oxygen atoms in total. The number of benzene rings is 1. The van der Waals surface area contributed by atoms with Gasteiger partial charge in [-0.15, -0.1) is 10.2 Å². The second-order valence-corrected chi connectivity index (χ2v) is 6.12. The topological polar surface area (TPSA) is 81.1 Å². The van der Waals surface area contributed by atoms with E-state index in [1.54, 1.807) is 12.1 Å².